The maximum absolute atomic E-state index is 6.19. The average Bonchev–Trinajstić information content (AvgIpc) is 2.27. The molecule has 0 aliphatic heterocycles. The Morgan fingerprint density at radius 3 is 1.94 bits per heavy atom. The van der Waals surface area contributed by atoms with E-state index in [9.17, 15) is 0 Å². The van der Waals surface area contributed by atoms with Crippen molar-refractivity contribution in [2.75, 3.05) is 24.7 Å². The fraction of sp³-hybridized carbons (Fsp3) is 0.615. The minimum atomic E-state index is 0.849. The van der Waals surface area contributed by atoms with Gasteiger partial charge in [-0.05, 0) is 30.4 Å². The van der Waals surface area contributed by atoms with Crippen LogP contribution in [-0.4, -0.2) is 19.1 Å². The molecule has 0 aliphatic carbocycles. The zero-order valence-corrected chi connectivity index (χ0v) is 11.1. The number of rotatable bonds is 4. The molecule has 3 nitrogen and oxygen atoms in total. The molecular formula is C13H23N3. The normalized spacial score (nSPS) is 10.6. The Morgan fingerprint density at radius 1 is 1.00 bits per heavy atom. The zero-order chi connectivity index (χ0) is 12.3. The molecule has 0 unspecified atom stereocenters. The molecule has 1 rings (SSSR count). The zero-order valence-electron chi connectivity index (χ0n) is 11.1. The van der Waals surface area contributed by atoms with Crippen LogP contribution in [0.1, 0.15) is 37.6 Å². The molecule has 1 aromatic heterocycles. The molecule has 0 amide bonds. The fourth-order valence-corrected chi connectivity index (χ4v) is 2.18. The molecule has 0 saturated carbocycles. The number of nitrogens with zero attached hydrogens (tertiary/aromatic N) is 2. The van der Waals surface area contributed by atoms with Gasteiger partial charge in [-0.2, -0.15) is 0 Å². The molecule has 2 N–H and O–H groups in total. The average molecular weight is 221 g/mol. The first-order chi connectivity index (χ1) is 7.56. The first kappa shape index (κ1) is 12.8. The second-order valence-corrected chi connectivity index (χ2v) is 4.21. The molecule has 16 heavy (non-hydrogen) atoms. The monoisotopic (exact) mass is 221 g/mol. The van der Waals surface area contributed by atoms with Crippen molar-refractivity contribution < 1.29 is 0 Å². The lowest BCUT2D eigenvalue weighted by Crippen LogP contribution is -2.17. The van der Waals surface area contributed by atoms with Crippen molar-refractivity contribution in [1.82, 2.24) is 4.98 Å². The number of nitrogen functional groups attached to an aromatic ring is 1. The van der Waals surface area contributed by atoms with Gasteiger partial charge >= 0.3 is 0 Å². The van der Waals surface area contributed by atoms with Gasteiger partial charge in [0.25, 0.3) is 0 Å². The van der Waals surface area contributed by atoms with Crippen molar-refractivity contribution >= 4 is 11.5 Å². The molecule has 0 aliphatic rings. The van der Waals surface area contributed by atoms with Crippen LogP contribution in [0.3, 0.4) is 0 Å². The third-order valence-electron chi connectivity index (χ3n) is 2.99. The quantitative estimate of drug-likeness (QED) is 0.849. The summed E-state index contributed by atoms with van der Waals surface area (Å²) in [6, 6.07) is 0. The van der Waals surface area contributed by atoms with Crippen LogP contribution in [0.5, 0.6) is 0 Å². The first-order valence-electron chi connectivity index (χ1n) is 6.04. The standard InChI is InChI=1S/C13H23N3/c1-6-9-10(7-2)12(14)13(16(4)5)15-11(9)8-3/h6-8,14H2,1-5H3. The second-order valence-electron chi connectivity index (χ2n) is 4.21. The summed E-state index contributed by atoms with van der Waals surface area (Å²) in [4.78, 5) is 6.66. The van der Waals surface area contributed by atoms with E-state index in [1.807, 2.05) is 19.0 Å². The molecular weight excluding hydrogens is 198 g/mol. The highest BCUT2D eigenvalue weighted by Gasteiger charge is 2.15. The summed E-state index contributed by atoms with van der Waals surface area (Å²) in [7, 11) is 3.98. The minimum Gasteiger partial charge on any atom is -0.396 e. The lowest BCUT2D eigenvalue weighted by molar-refractivity contribution is 0.912. The third-order valence-corrected chi connectivity index (χ3v) is 2.99. The summed E-state index contributed by atoms with van der Waals surface area (Å²) in [5.41, 5.74) is 10.8. The SMILES string of the molecule is CCc1nc(N(C)C)c(N)c(CC)c1CC. The van der Waals surface area contributed by atoms with E-state index < -0.39 is 0 Å². The van der Waals surface area contributed by atoms with E-state index in [0.717, 1.165) is 30.8 Å². The molecule has 1 aromatic rings. The van der Waals surface area contributed by atoms with Crippen LogP contribution in [0.25, 0.3) is 0 Å². The fourth-order valence-electron chi connectivity index (χ4n) is 2.18. The number of nitrogens with two attached hydrogens (primary N) is 1. The van der Waals surface area contributed by atoms with E-state index >= 15 is 0 Å². The maximum atomic E-state index is 6.19. The third kappa shape index (κ3) is 2.13. The molecule has 90 valence electrons. The summed E-state index contributed by atoms with van der Waals surface area (Å²) in [5.74, 6) is 0.908. The Morgan fingerprint density at radius 2 is 1.56 bits per heavy atom. The Labute approximate surface area is 98.7 Å². The Hall–Kier alpha value is -1.25. The molecule has 0 fully saturated rings. The van der Waals surface area contributed by atoms with Crippen molar-refractivity contribution in [2.45, 2.75) is 40.0 Å². The van der Waals surface area contributed by atoms with Crippen LogP contribution in [0.4, 0.5) is 11.5 Å². The summed E-state index contributed by atoms with van der Waals surface area (Å²) in [6.45, 7) is 6.48. The highest BCUT2D eigenvalue weighted by atomic mass is 15.1. The maximum Gasteiger partial charge on any atom is 0.151 e. The number of aromatic nitrogens is 1. The van der Waals surface area contributed by atoms with E-state index in [4.69, 9.17) is 5.73 Å². The largest absolute Gasteiger partial charge is 0.396 e. The first-order valence-corrected chi connectivity index (χ1v) is 6.04. The molecule has 0 saturated heterocycles. The van der Waals surface area contributed by atoms with Gasteiger partial charge < -0.3 is 10.6 Å². The molecule has 3 heteroatoms. The number of anilines is 2. The lowest BCUT2D eigenvalue weighted by Gasteiger charge is -2.21. The van der Waals surface area contributed by atoms with Crippen LogP contribution in [0.2, 0.25) is 0 Å². The van der Waals surface area contributed by atoms with Crippen molar-refractivity contribution in [3.8, 4) is 0 Å². The van der Waals surface area contributed by atoms with Crippen molar-refractivity contribution in [3.63, 3.8) is 0 Å². The highest BCUT2D eigenvalue weighted by molar-refractivity contribution is 5.69. The number of pyridine rings is 1. The summed E-state index contributed by atoms with van der Waals surface area (Å²) >= 11 is 0. The molecule has 0 radical (unpaired) electrons. The van der Waals surface area contributed by atoms with Gasteiger partial charge in [0.1, 0.15) is 0 Å². The van der Waals surface area contributed by atoms with Gasteiger partial charge in [0.2, 0.25) is 0 Å². The van der Waals surface area contributed by atoms with Crippen LogP contribution in [0, 0.1) is 0 Å². The smallest absolute Gasteiger partial charge is 0.151 e. The number of aryl methyl sites for hydroxylation is 1. The second kappa shape index (κ2) is 5.19. The van der Waals surface area contributed by atoms with Gasteiger partial charge in [0.05, 0.1) is 5.69 Å². The predicted octanol–water partition coefficient (Wildman–Crippen LogP) is 2.42. The van der Waals surface area contributed by atoms with Crippen LogP contribution in [-0.2, 0) is 19.3 Å². The van der Waals surface area contributed by atoms with Gasteiger partial charge in [-0.1, -0.05) is 20.8 Å². The topological polar surface area (TPSA) is 42.2 Å². The van der Waals surface area contributed by atoms with Gasteiger partial charge in [0.15, 0.2) is 5.82 Å². The Balaban J connectivity index is 3.48. The number of hydrogen-bond donors (Lipinski definition) is 1. The van der Waals surface area contributed by atoms with Crippen LogP contribution >= 0.6 is 0 Å². The van der Waals surface area contributed by atoms with E-state index in [1.165, 1.54) is 16.8 Å². The number of hydrogen-bond acceptors (Lipinski definition) is 3. The van der Waals surface area contributed by atoms with Crippen molar-refractivity contribution in [1.29, 1.82) is 0 Å². The van der Waals surface area contributed by atoms with Crippen LogP contribution in [0.15, 0.2) is 0 Å². The van der Waals surface area contributed by atoms with Crippen molar-refractivity contribution in [3.05, 3.63) is 16.8 Å². The molecule has 0 aromatic carbocycles. The Kier molecular flexibility index (Phi) is 4.16. The van der Waals surface area contributed by atoms with E-state index in [2.05, 4.69) is 25.8 Å². The molecule has 1 heterocycles. The predicted molar refractivity (Wildman–Crippen MR) is 71.1 cm³/mol. The molecule has 0 atom stereocenters. The summed E-state index contributed by atoms with van der Waals surface area (Å²) in [5, 5.41) is 0. The summed E-state index contributed by atoms with van der Waals surface area (Å²) < 4.78 is 0. The van der Waals surface area contributed by atoms with Gasteiger partial charge in [-0.15, -0.1) is 0 Å². The molecule has 0 bridgehead atoms. The van der Waals surface area contributed by atoms with Gasteiger partial charge in [0, 0.05) is 19.8 Å². The van der Waals surface area contributed by atoms with E-state index in [1.54, 1.807) is 0 Å². The van der Waals surface area contributed by atoms with Gasteiger partial charge in [-0.25, -0.2) is 4.98 Å². The van der Waals surface area contributed by atoms with Crippen LogP contribution < -0.4 is 10.6 Å². The van der Waals surface area contributed by atoms with E-state index in [-0.39, 0.29) is 0 Å². The van der Waals surface area contributed by atoms with Gasteiger partial charge in [-0.3, -0.25) is 0 Å². The lowest BCUT2D eigenvalue weighted by atomic mass is 9.98. The highest BCUT2D eigenvalue weighted by Crippen LogP contribution is 2.29. The summed E-state index contributed by atoms with van der Waals surface area (Å²) in [6.07, 6.45) is 2.96. The van der Waals surface area contributed by atoms with Crippen molar-refractivity contribution in [2.24, 2.45) is 0 Å². The molecule has 0 spiro atoms. The van der Waals surface area contributed by atoms with E-state index in [0.29, 0.717) is 0 Å². The Bertz CT molecular complexity index is 370. The minimum absolute atomic E-state index is 0.849.